The van der Waals surface area contributed by atoms with E-state index >= 15 is 0 Å². The van der Waals surface area contributed by atoms with E-state index in [-0.39, 0.29) is 24.2 Å². The second-order valence-corrected chi connectivity index (χ2v) is 6.88. The fraction of sp³-hybridized carbons (Fsp3) is 0.350. The number of thiophene rings is 1. The molecular weight excluding hydrogens is 350 g/mol. The lowest BCUT2D eigenvalue weighted by atomic mass is 9.95. The van der Waals surface area contributed by atoms with Gasteiger partial charge in [0.05, 0.1) is 6.61 Å². The second kappa shape index (κ2) is 9.52. The Labute approximate surface area is 157 Å². The highest BCUT2D eigenvalue weighted by atomic mass is 32.1. The molecule has 6 heteroatoms. The van der Waals surface area contributed by atoms with E-state index in [9.17, 15) is 4.79 Å². The molecule has 2 N–H and O–H groups in total. The van der Waals surface area contributed by atoms with Crippen LogP contribution in [0.2, 0.25) is 0 Å². The second-order valence-electron chi connectivity index (χ2n) is 6.10. The standard InChI is InChI=1S/C20H23NO4S/c22-9-4-5-10-24-19-13-16(15-8-11-26-14-15)12-18(25-19)20(23)21-17-6-2-1-3-7-17/h1-3,6-8,11-12,14,16,19,22H,4-5,9-10,13H2,(H,21,23)/t16-,19+/m0/s1. The van der Waals surface area contributed by atoms with Crippen molar-refractivity contribution in [2.24, 2.45) is 0 Å². The van der Waals surface area contributed by atoms with Crippen molar-refractivity contribution < 1.29 is 19.4 Å². The Balaban J connectivity index is 1.69. The molecule has 0 aliphatic carbocycles. The number of aliphatic hydroxyl groups excluding tert-OH is 1. The molecule has 3 rings (SSSR count). The van der Waals surface area contributed by atoms with Crippen LogP contribution in [0.4, 0.5) is 5.69 Å². The molecule has 0 saturated heterocycles. The van der Waals surface area contributed by atoms with Crippen LogP contribution in [0.25, 0.3) is 0 Å². The molecule has 5 nitrogen and oxygen atoms in total. The molecule has 1 aliphatic heterocycles. The zero-order valence-electron chi connectivity index (χ0n) is 14.5. The van der Waals surface area contributed by atoms with Crippen LogP contribution in [0.1, 0.15) is 30.7 Å². The summed E-state index contributed by atoms with van der Waals surface area (Å²) in [6, 6.07) is 11.4. The van der Waals surface area contributed by atoms with Gasteiger partial charge in [-0.1, -0.05) is 18.2 Å². The average Bonchev–Trinajstić information content (AvgIpc) is 3.21. The molecule has 2 heterocycles. The van der Waals surface area contributed by atoms with Crippen LogP contribution in [-0.2, 0) is 14.3 Å². The number of aliphatic hydroxyl groups is 1. The van der Waals surface area contributed by atoms with Gasteiger partial charge in [-0.2, -0.15) is 11.3 Å². The van der Waals surface area contributed by atoms with Gasteiger partial charge >= 0.3 is 0 Å². The molecule has 0 unspecified atom stereocenters. The molecule has 0 bridgehead atoms. The Morgan fingerprint density at radius 1 is 1.27 bits per heavy atom. The van der Waals surface area contributed by atoms with Crippen LogP contribution in [0.15, 0.2) is 59.0 Å². The molecule has 2 atom stereocenters. The first kappa shape index (κ1) is 18.6. The van der Waals surface area contributed by atoms with Crippen LogP contribution >= 0.6 is 11.3 Å². The summed E-state index contributed by atoms with van der Waals surface area (Å²) < 4.78 is 11.6. The minimum Gasteiger partial charge on any atom is -0.459 e. The SMILES string of the molecule is O=C(Nc1ccccc1)C1=C[C@H](c2ccsc2)C[C@H](OCCCCO)O1. The zero-order chi connectivity index (χ0) is 18.2. The van der Waals surface area contributed by atoms with Crippen molar-refractivity contribution >= 4 is 22.9 Å². The quantitative estimate of drug-likeness (QED) is 0.689. The van der Waals surface area contributed by atoms with Crippen LogP contribution < -0.4 is 5.32 Å². The van der Waals surface area contributed by atoms with E-state index in [1.165, 1.54) is 0 Å². The molecule has 138 valence electrons. The van der Waals surface area contributed by atoms with E-state index < -0.39 is 6.29 Å². The first-order chi connectivity index (χ1) is 12.8. The van der Waals surface area contributed by atoms with Crippen LogP contribution in [0, 0.1) is 0 Å². The minimum atomic E-state index is -0.472. The van der Waals surface area contributed by atoms with E-state index in [4.69, 9.17) is 14.6 Å². The van der Waals surface area contributed by atoms with Gasteiger partial charge in [-0.05, 0) is 53.4 Å². The van der Waals surface area contributed by atoms with Gasteiger partial charge < -0.3 is 19.9 Å². The Hall–Kier alpha value is -2.15. The van der Waals surface area contributed by atoms with Gasteiger partial charge in [0.1, 0.15) is 0 Å². The highest BCUT2D eigenvalue weighted by molar-refractivity contribution is 7.08. The number of nitrogens with one attached hydrogen (secondary N) is 1. The highest BCUT2D eigenvalue weighted by Crippen LogP contribution is 2.33. The lowest BCUT2D eigenvalue weighted by Gasteiger charge is -2.29. The number of hydrogen-bond donors (Lipinski definition) is 2. The maximum absolute atomic E-state index is 12.6. The van der Waals surface area contributed by atoms with Crippen molar-refractivity contribution in [3.05, 3.63) is 64.6 Å². The van der Waals surface area contributed by atoms with E-state index in [0.717, 1.165) is 17.7 Å². The lowest BCUT2D eigenvalue weighted by Crippen LogP contribution is -2.29. The zero-order valence-corrected chi connectivity index (χ0v) is 15.3. The molecule has 1 amide bonds. The number of unbranched alkanes of at least 4 members (excludes halogenated alkanes) is 1. The third-order valence-corrected chi connectivity index (χ3v) is 4.84. The summed E-state index contributed by atoms with van der Waals surface area (Å²) in [7, 11) is 0. The van der Waals surface area contributed by atoms with Crippen molar-refractivity contribution in [1.29, 1.82) is 0 Å². The third kappa shape index (κ3) is 5.17. The number of benzene rings is 1. The maximum Gasteiger partial charge on any atom is 0.290 e. The van der Waals surface area contributed by atoms with Crippen molar-refractivity contribution in [2.45, 2.75) is 31.5 Å². The van der Waals surface area contributed by atoms with Crippen molar-refractivity contribution in [3.63, 3.8) is 0 Å². The topological polar surface area (TPSA) is 67.8 Å². The maximum atomic E-state index is 12.6. The fourth-order valence-corrected chi connectivity index (χ4v) is 3.50. The van der Waals surface area contributed by atoms with E-state index in [1.807, 2.05) is 41.8 Å². The summed E-state index contributed by atoms with van der Waals surface area (Å²) in [6.07, 6.45) is 3.51. The van der Waals surface area contributed by atoms with Crippen molar-refractivity contribution in [3.8, 4) is 0 Å². The first-order valence-electron chi connectivity index (χ1n) is 8.75. The van der Waals surface area contributed by atoms with Crippen molar-refractivity contribution in [1.82, 2.24) is 0 Å². The van der Waals surface area contributed by atoms with Crippen LogP contribution in [0.5, 0.6) is 0 Å². The van der Waals surface area contributed by atoms with Gasteiger partial charge in [0, 0.05) is 24.6 Å². The molecule has 0 radical (unpaired) electrons. The first-order valence-corrected chi connectivity index (χ1v) is 9.70. The molecule has 0 fully saturated rings. The summed E-state index contributed by atoms with van der Waals surface area (Å²) in [4.78, 5) is 12.6. The number of anilines is 1. The average molecular weight is 373 g/mol. The third-order valence-electron chi connectivity index (χ3n) is 4.14. The van der Waals surface area contributed by atoms with Gasteiger partial charge in [-0.15, -0.1) is 0 Å². The Morgan fingerprint density at radius 2 is 2.12 bits per heavy atom. The van der Waals surface area contributed by atoms with E-state index in [2.05, 4.69) is 16.8 Å². The highest BCUT2D eigenvalue weighted by Gasteiger charge is 2.28. The summed E-state index contributed by atoms with van der Waals surface area (Å²) in [5.41, 5.74) is 1.88. The lowest BCUT2D eigenvalue weighted by molar-refractivity contribution is -0.143. The summed E-state index contributed by atoms with van der Waals surface area (Å²) in [5.74, 6) is 0.0814. The van der Waals surface area contributed by atoms with Crippen LogP contribution in [0.3, 0.4) is 0 Å². The van der Waals surface area contributed by atoms with Gasteiger partial charge in [-0.3, -0.25) is 4.79 Å². The number of amides is 1. The Kier molecular flexibility index (Phi) is 6.82. The van der Waals surface area contributed by atoms with Gasteiger partial charge in [0.2, 0.25) is 6.29 Å². The summed E-state index contributed by atoms with van der Waals surface area (Å²) in [5, 5.41) is 15.8. The number of ether oxygens (including phenoxy) is 2. The van der Waals surface area contributed by atoms with E-state index in [1.54, 1.807) is 11.3 Å². The minimum absolute atomic E-state index is 0.0781. The molecule has 26 heavy (non-hydrogen) atoms. The number of carbonyl (C=O) groups excluding carboxylic acids is 1. The van der Waals surface area contributed by atoms with E-state index in [0.29, 0.717) is 19.4 Å². The number of para-hydroxylation sites is 1. The van der Waals surface area contributed by atoms with Crippen LogP contribution in [-0.4, -0.2) is 30.5 Å². The molecule has 1 aliphatic rings. The van der Waals surface area contributed by atoms with Crippen molar-refractivity contribution in [2.75, 3.05) is 18.5 Å². The monoisotopic (exact) mass is 373 g/mol. The number of allylic oxidation sites excluding steroid dienone is 1. The molecule has 0 spiro atoms. The largest absolute Gasteiger partial charge is 0.459 e. The molecule has 2 aromatic rings. The fourth-order valence-electron chi connectivity index (χ4n) is 2.78. The Morgan fingerprint density at radius 3 is 2.85 bits per heavy atom. The van der Waals surface area contributed by atoms with Gasteiger partial charge in [-0.25, -0.2) is 0 Å². The smallest absolute Gasteiger partial charge is 0.290 e. The summed E-state index contributed by atoms with van der Waals surface area (Å²) in [6.45, 7) is 0.645. The Bertz CT molecular complexity index is 715. The molecule has 0 saturated carbocycles. The normalized spacial score (nSPS) is 19.5. The molecular formula is C20H23NO4S. The van der Waals surface area contributed by atoms with Gasteiger partial charge in [0.25, 0.3) is 5.91 Å². The molecule has 1 aromatic carbocycles. The number of carbonyl (C=O) groups is 1. The molecule has 1 aromatic heterocycles. The summed E-state index contributed by atoms with van der Waals surface area (Å²) >= 11 is 1.63. The predicted octanol–water partition coefficient (Wildman–Crippen LogP) is 3.89. The predicted molar refractivity (Wildman–Crippen MR) is 102 cm³/mol. The van der Waals surface area contributed by atoms with Gasteiger partial charge in [0.15, 0.2) is 5.76 Å². The number of rotatable bonds is 8. The number of hydrogen-bond acceptors (Lipinski definition) is 5.